The van der Waals surface area contributed by atoms with Gasteiger partial charge in [-0.2, -0.15) is 9.97 Å². The lowest BCUT2D eigenvalue weighted by Crippen LogP contribution is -2.35. The number of hydrogen-bond donors (Lipinski definition) is 2. The lowest BCUT2D eigenvalue weighted by atomic mass is 10.4. The highest BCUT2D eigenvalue weighted by atomic mass is 32.2. The molecule has 0 unspecified atom stereocenters. The topological polar surface area (TPSA) is 142 Å². The van der Waals surface area contributed by atoms with Gasteiger partial charge >= 0.3 is 18.1 Å². The molecule has 2 amide bonds. The van der Waals surface area contributed by atoms with Crippen LogP contribution in [0.15, 0.2) is 15.7 Å². The van der Waals surface area contributed by atoms with Gasteiger partial charge in [-0.15, -0.1) is 16.3 Å². The van der Waals surface area contributed by atoms with Crippen molar-refractivity contribution in [3.05, 3.63) is 17.0 Å². The van der Waals surface area contributed by atoms with Gasteiger partial charge in [-0.25, -0.2) is 22.3 Å². The molecule has 0 saturated carbocycles. The fraction of sp³-hybridized carbons (Fsp3) is 0.385. The van der Waals surface area contributed by atoms with E-state index in [1.807, 2.05) is 4.72 Å². The first kappa shape index (κ1) is 20.7. The maximum Gasteiger partial charge on any atom is 0.335 e. The van der Waals surface area contributed by atoms with Gasteiger partial charge in [-0.05, 0) is 11.4 Å². The Kier molecular flexibility index (Phi) is 7.20. The van der Waals surface area contributed by atoms with Crippen molar-refractivity contribution in [1.29, 1.82) is 0 Å². The van der Waals surface area contributed by atoms with Crippen molar-refractivity contribution in [2.24, 2.45) is 0 Å². The molecule has 11 nitrogen and oxygen atoms in total. The predicted octanol–water partition coefficient (Wildman–Crippen LogP) is 0.947. The van der Waals surface area contributed by atoms with Crippen molar-refractivity contribution >= 4 is 33.3 Å². The Labute approximate surface area is 158 Å². The number of rotatable bonds is 9. The minimum atomic E-state index is -4.19. The van der Waals surface area contributed by atoms with E-state index in [0.717, 1.165) is 11.3 Å². The fourth-order valence-electron chi connectivity index (χ4n) is 1.77. The van der Waals surface area contributed by atoms with Crippen LogP contribution in [0, 0.1) is 0 Å². The molecule has 0 aliphatic rings. The van der Waals surface area contributed by atoms with Crippen LogP contribution in [-0.4, -0.2) is 56.9 Å². The highest BCUT2D eigenvalue weighted by Crippen LogP contribution is 2.23. The van der Waals surface area contributed by atoms with Crippen LogP contribution in [0.5, 0.6) is 12.0 Å². The van der Waals surface area contributed by atoms with Gasteiger partial charge in [0.25, 0.3) is 10.0 Å². The second-order valence-corrected chi connectivity index (χ2v) is 7.46. The molecule has 0 aromatic carbocycles. The van der Waals surface area contributed by atoms with Crippen LogP contribution in [0.25, 0.3) is 0 Å². The molecule has 148 valence electrons. The standard InChI is InChI=1S/C13H16FN5O6S2/c1-23-12-16-10(17-13(18-12)24-2)15-11(20)19-27(21,22)9-8(3-6-26-9)7-25-5-4-14/h3,6H,4-5,7H2,1-2H3,(H2,15,16,17,18,19,20). The molecule has 0 bridgehead atoms. The van der Waals surface area contributed by atoms with Crippen LogP contribution in [-0.2, 0) is 21.4 Å². The van der Waals surface area contributed by atoms with Crippen molar-refractivity contribution in [3.63, 3.8) is 0 Å². The predicted molar refractivity (Wildman–Crippen MR) is 92.2 cm³/mol. The first-order valence-corrected chi connectivity index (χ1v) is 9.63. The number of carbonyl (C=O) groups is 1. The van der Waals surface area contributed by atoms with Gasteiger partial charge in [-0.1, -0.05) is 0 Å². The minimum Gasteiger partial charge on any atom is -0.467 e. The lowest BCUT2D eigenvalue weighted by Gasteiger charge is -2.09. The van der Waals surface area contributed by atoms with Crippen LogP contribution in [0.3, 0.4) is 0 Å². The Bertz CT molecular complexity index is 869. The van der Waals surface area contributed by atoms with E-state index in [0.29, 0.717) is 5.56 Å². The Morgan fingerprint density at radius 2 is 1.89 bits per heavy atom. The van der Waals surface area contributed by atoms with Gasteiger partial charge in [-0.3, -0.25) is 5.32 Å². The summed E-state index contributed by atoms with van der Waals surface area (Å²) >= 11 is 0.889. The van der Waals surface area contributed by atoms with E-state index in [1.165, 1.54) is 25.7 Å². The molecule has 0 aliphatic carbocycles. The summed E-state index contributed by atoms with van der Waals surface area (Å²) < 4.78 is 53.3. The van der Waals surface area contributed by atoms with E-state index >= 15 is 0 Å². The molecular formula is C13H16FN5O6S2. The number of nitrogens with zero attached hydrogens (tertiary/aromatic N) is 3. The summed E-state index contributed by atoms with van der Waals surface area (Å²) in [5.74, 6) is -0.274. The molecule has 0 fully saturated rings. The van der Waals surface area contributed by atoms with Crippen molar-refractivity contribution < 1.29 is 31.8 Å². The van der Waals surface area contributed by atoms with E-state index in [4.69, 9.17) is 14.2 Å². The highest BCUT2D eigenvalue weighted by molar-refractivity contribution is 7.92. The van der Waals surface area contributed by atoms with Gasteiger partial charge < -0.3 is 14.2 Å². The molecule has 2 heterocycles. The third-order valence-electron chi connectivity index (χ3n) is 2.84. The Balaban J connectivity index is 2.10. The largest absolute Gasteiger partial charge is 0.467 e. The number of anilines is 1. The molecule has 0 aliphatic heterocycles. The Morgan fingerprint density at radius 3 is 2.48 bits per heavy atom. The van der Waals surface area contributed by atoms with E-state index in [1.54, 1.807) is 0 Å². The van der Waals surface area contributed by atoms with Gasteiger partial charge in [0.15, 0.2) is 0 Å². The maximum atomic E-state index is 12.4. The summed E-state index contributed by atoms with van der Waals surface area (Å²) in [6.45, 7) is -0.953. The summed E-state index contributed by atoms with van der Waals surface area (Å²) in [7, 11) is -1.59. The number of sulfonamides is 1. The number of urea groups is 1. The van der Waals surface area contributed by atoms with Gasteiger partial charge in [0, 0.05) is 5.56 Å². The van der Waals surface area contributed by atoms with Crippen LogP contribution in [0.4, 0.5) is 15.1 Å². The van der Waals surface area contributed by atoms with Crippen LogP contribution >= 0.6 is 11.3 Å². The normalized spacial score (nSPS) is 11.1. The van der Waals surface area contributed by atoms with Gasteiger partial charge in [0.2, 0.25) is 5.95 Å². The first-order chi connectivity index (χ1) is 12.9. The Morgan fingerprint density at radius 1 is 1.22 bits per heavy atom. The number of methoxy groups -OCH3 is 2. The quantitative estimate of drug-likeness (QED) is 0.566. The Hall–Kier alpha value is -2.58. The number of aromatic nitrogens is 3. The van der Waals surface area contributed by atoms with Gasteiger partial charge in [0.05, 0.1) is 27.4 Å². The van der Waals surface area contributed by atoms with Crippen molar-refractivity contribution in [2.75, 3.05) is 32.8 Å². The van der Waals surface area contributed by atoms with E-state index in [9.17, 15) is 17.6 Å². The van der Waals surface area contributed by atoms with E-state index in [-0.39, 0.29) is 35.4 Å². The van der Waals surface area contributed by atoms with Crippen LogP contribution in [0.1, 0.15) is 5.56 Å². The summed E-state index contributed by atoms with van der Waals surface area (Å²) in [5, 5.41) is 3.67. The second kappa shape index (κ2) is 9.38. The average Bonchev–Trinajstić information content (AvgIpc) is 3.10. The summed E-state index contributed by atoms with van der Waals surface area (Å²) in [4.78, 5) is 23.3. The SMILES string of the molecule is COc1nc(NC(=O)NS(=O)(=O)c2sccc2COCCF)nc(OC)n1. The van der Waals surface area contributed by atoms with Crippen molar-refractivity contribution in [2.45, 2.75) is 10.8 Å². The summed E-state index contributed by atoms with van der Waals surface area (Å²) in [6.07, 6.45) is 0. The molecule has 2 N–H and O–H groups in total. The maximum absolute atomic E-state index is 12.4. The molecule has 2 aromatic heterocycles. The molecule has 2 rings (SSSR count). The zero-order valence-electron chi connectivity index (χ0n) is 14.3. The number of nitrogens with one attached hydrogen (secondary N) is 2. The van der Waals surface area contributed by atoms with Gasteiger partial charge in [0.1, 0.15) is 10.9 Å². The minimum absolute atomic E-state index is 0.104. The average molecular weight is 421 g/mol. The molecule has 0 saturated heterocycles. The zero-order valence-corrected chi connectivity index (χ0v) is 15.9. The van der Waals surface area contributed by atoms with E-state index in [2.05, 4.69) is 20.3 Å². The first-order valence-electron chi connectivity index (χ1n) is 7.27. The number of halogens is 1. The monoisotopic (exact) mass is 421 g/mol. The summed E-state index contributed by atoms with van der Waals surface area (Å²) in [5.41, 5.74) is 0.303. The number of amides is 2. The third-order valence-corrected chi connectivity index (χ3v) is 5.74. The smallest absolute Gasteiger partial charge is 0.335 e. The van der Waals surface area contributed by atoms with E-state index < -0.39 is 22.7 Å². The molecule has 2 aromatic rings. The molecule has 27 heavy (non-hydrogen) atoms. The third kappa shape index (κ3) is 5.70. The summed E-state index contributed by atoms with van der Waals surface area (Å²) in [6, 6.07) is 0.141. The zero-order chi connectivity index (χ0) is 19.9. The van der Waals surface area contributed by atoms with Crippen molar-refractivity contribution in [3.8, 4) is 12.0 Å². The van der Waals surface area contributed by atoms with Crippen LogP contribution in [0.2, 0.25) is 0 Å². The second-order valence-electron chi connectivity index (χ2n) is 4.67. The molecule has 0 radical (unpaired) electrons. The highest BCUT2D eigenvalue weighted by Gasteiger charge is 2.23. The fourth-order valence-corrected chi connectivity index (χ4v) is 4.07. The number of alkyl halides is 1. The lowest BCUT2D eigenvalue weighted by molar-refractivity contribution is 0.105. The van der Waals surface area contributed by atoms with Crippen molar-refractivity contribution in [1.82, 2.24) is 19.7 Å². The number of hydrogen-bond acceptors (Lipinski definition) is 10. The molecule has 0 spiro atoms. The number of ether oxygens (including phenoxy) is 3. The molecular weight excluding hydrogens is 405 g/mol. The molecule has 14 heteroatoms. The number of thiophene rings is 1. The molecule has 0 atom stereocenters. The number of carbonyl (C=O) groups excluding carboxylic acids is 1. The van der Waals surface area contributed by atoms with Crippen LogP contribution < -0.4 is 19.5 Å².